The van der Waals surface area contributed by atoms with Crippen LogP contribution in [0.5, 0.6) is 0 Å². The second-order valence-corrected chi connectivity index (χ2v) is 10.4. The van der Waals surface area contributed by atoms with Crippen LogP contribution in [0.15, 0.2) is 42.5 Å². The van der Waals surface area contributed by atoms with Gasteiger partial charge in [-0.15, -0.1) is 0 Å². The fourth-order valence-corrected chi connectivity index (χ4v) is 5.06. The van der Waals surface area contributed by atoms with Crippen LogP contribution < -0.4 is 9.62 Å². The summed E-state index contributed by atoms with van der Waals surface area (Å²) in [6.45, 7) is 0.509. The third-order valence-electron chi connectivity index (χ3n) is 4.13. The molecule has 0 saturated heterocycles. The normalized spacial score (nSPS) is 11.3. The summed E-state index contributed by atoms with van der Waals surface area (Å²) >= 11 is 13.6. The number of halogens is 3. The van der Waals surface area contributed by atoms with Crippen molar-refractivity contribution >= 4 is 56.6 Å². The predicted octanol–water partition coefficient (Wildman–Crippen LogP) is 4.73. The maximum atomic E-state index is 14.0. The van der Waals surface area contributed by atoms with Crippen molar-refractivity contribution in [2.45, 2.75) is 18.6 Å². The van der Waals surface area contributed by atoms with Gasteiger partial charge in [0, 0.05) is 41.1 Å². The Hall–Kier alpha value is -1.48. The third kappa shape index (κ3) is 7.98. The maximum absolute atomic E-state index is 14.0. The molecule has 0 saturated carbocycles. The molecule has 0 aromatic heterocycles. The first-order valence-corrected chi connectivity index (χ1v) is 12.9. The summed E-state index contributed by atoms with van der Waals surface area (Å²) in [7, 11) is -3.66. The van der Waals surface area contributed by atoms with E-state index in [1.165, 1.54) is 18.2 Å². The molecule has 1 amide bonds. The number of hydrogen-bond donors (Lipinski definition) is 1. The highest BCUT2D eigenvalue weighted by Gasteiger charge is 2.20. The van der Waals surface area contributed by atoms with E-state index in [0.717, 1.165) is 16.1 Å². The molecule has 30 heavy (non-hydrogen) atoms. The maximum Gasteiger partial charge on any atom is 0.232 e. The molecule has 5 nitrogen and oxygen atoms in total. The highest BCUT2D eigenvalue weighted by molar-refractivity contribution is 7.98. The summed E-state index contributed by atoms with van der Waals surface area (Å²) in [5.74, 6) is 0.611. The summed E-state index contributed by atoms with van der Waals surface area (Å²) < 4.78 is 39.0. The average molecular weight is 493 g/mol. The molecule has 1 N–H and O–H groups in total. The molecule has 0 heterocycles. The molecule has 164 valence electrons. The zero-order valence-corrected chi connectivity index (χ0v) is 19.6. The number of carbonyl (C=O) groups excluding carboxylic acids is 1. The standard InChI is InChI=1S/C20H23Cl2FN2O3S2/c1-30(27,28)25(19-6-3-2-5-18(19)23)11-4-7-20(26)24-10-12-29-14-15-8-9-16(21)13-17(15)22/h2-3,5-6,8-9,13H,4,7,10-12,14H2,1H3,(H,24,26). The summed E-state index contributed by atoms with van der Waals surface area (Å²) in [4.78, 5) is 12.0. The van der Waals surface area contributed by atoms with Gasteiger partial charge in [0.15, 0.2) is 0 Å². The number of sulfonamides is 1. The van der Waals surface area contributed by atoms with E-state index >= 15 is 0 Å². The summed E-state index contributed by atoms with van der Waals surface area (Å²) in [5, 5.41) is 4.00. The number of para-hydroxylation sites is 1. The van der Waals surface area contributed by atoms with E-state index in [0.29, 0.717) is 28.1 Å². The van der Waals surface area contributed by atoms with Crippen molar-refractivity contribution in [3.05, 3.63) is 63.9 Å². The van der Waals surface area contributed by atoms with Gasteiger partial charge in [-0.2, -0.15) is 11.8 Å². The number of carbonyl (C=O) groups is 1. The van der Waals surface area contributed by atoms with Crippen LogP contribution in [0.25, 0.3) is 0 Å². The molecule has 0 spiro atoms. The minimum Gasteiger partial charge on any atom is -0.355 e. The molecule has 0 aliphatic carbocycles. The van der Waals surface area contributed by atoms with Crippen LogP contribution in [0.1, 0.15) is 18.4 Å². The molecular formula is C20H23Cl2FN2O3S2. The van der Waals surface area contributed by atoms with Crippen molar-refractivity contribution in [2.75, 3.05) is 29.4 Å². The smallest absolute Gasteiger partial charge is 0.232 e. The lowest BCUT2D eigenvalue weighted by atomic mass is 10.2. The van der Waals surface area contributed by atoms with Crippen molar-refractivity contribution in [3.8, 4) is 0 Å². The first kappa shape index (κ1) is 24.8. The largest absolute Gasteiger partial charge is 0.355 e. The molecule has 10 heteroatoms. The van der Waals surface area contributed by atoms with E-state index in [9.17, 15) is 17.6 Å². The Kier molecular flexibility index (Phi) is 9.74. The highest BCUT2D eigenvalue weighted by atomic mass is 35.5. The van der Waals surface area contributed by atoms with Crippen LogP contribution in [0.2, 0.25) is 10.0 Å². The van der Waals surface area contributed by atoms with E-state index in [-0.39, 0.29) is 31.0 Å². The Morgan fingerprint density at radius 2 is 1.93 bits per heavy atom. The molecule has 0 bridgehead atoms. The van der Waals surface area contributed by atoms with Gasteiger partial charge < -0.3 is 5.32 Å². The van der Waals surface area contributed by atoms with Crippen molar-refractivity contribution in [3.63, 3.8) is 0 Å². The first-order valence-electron chi connectivity index (χ1n) is 9.19. The van der Waals surface area contributed by atoms with Crippen molar-refractivity contribution in [1.29, 1.82) is 0 Å². The Balaban J connectivity index is 1.71. The van der Waals surface area contributed by atoms with E-state index in [4.69, 9.17) is 23.2 Å². The zero-order valence-electron chi connectivity index (χ0n) is 16.4. The van der Waals surface area contributed by atoms with Gasteiger partial charge in [0.25, 0.3) is 0 Å². The Bertz CT molecular complexity index is 974. The number of nitrogens with one attached hydrogen (secondary N) is 1. The molecule has 0 atom stereocenters. The van der Waals surface area contributed by atoms with E-state index in [1.807, 2.05) is 6.07 Å². The monoisotopic (exact) mass is 492 g/mol. The number of anilines is 1. The fourth-order valence-electron chi connectivity index (χ4n) is 2.67. The van der Waals surface area contributed by atoms with Crippen molar-refractivity contribution < 1.29 is 17.6 Å². The van der Waals surface area contributed by atoms with Crippen LogP contribution in [0.4, 0.5) is 10.1 Å². The number of thioether (sulfide) groups is 1. The minimum atomic E-state index is -3.66. The Morgan fingerprint density at radius 3 is 2.60 bits per heavy atom. The molecule has 2 aromatic carbocycles. The SMILES string of the molecule is CS(=O)(=O)N(CCCC(=O)NCCSCc1ccc(Cl)cc1Cl)c1ccccc1F. The van der Waals surface area contributed by atoms with Gasteiger partial charge >= 0.3 is 0 Å². The second-order valence-electron chi connectivity index (χ2n) is 6.53. The van der Waals surface area contributed by atoms with E-state index in [2.05, 4.69) is 5.32 Å². The second kappa shape index (κ2) is 11.8. The summed E-state index contributed by atoms with van der Waals surface area (Å²) in [5.41, 5.74) is 0.962. The van der Waals surface area contributed by atoms with Gasteiger partial charge in [-0.1, -0.05) is 41.4 Å². The van der Waals surface area contributed by atoms with E-state index in [1.54, 1.807) is 30.0 Å². The number of amides is 1. The van der Waals surface area contributed by atoms with Gasteiger partial charge in [0.05, 0.1) is 11.9 Å². The minimum absolute atomic E-state index is 0.0160. The van der Waals surface area contributed by atoms with E-state index < -0.39 is 15.8 Å². The zero-order chi connectivity index (χ0) is 22.1. The quantitative estimate of drug-likeness (QED) is 0.460. The third-order valence-corrected chi connectivity index (χ3v) is 6.90. The topological polar surface area (TPSA) is 66.5 Å². The van der Waals surface area contributed by atoms with Crippen LogP contribution in [-0.2, 0) is 20.6 Å². The molecule has 0 aliphatic rings. The fraction of sp³-hybridized carbons (Fsp3) is 0.350. The molecule has 0 fully saturated rings. The number of nitrogens with zero attached hydrogens (tertiary/aromatic N) is 1. The lowest BCUT2D eigenvalue weighted by Gasteiger charge is -2.22. The number of rotatable bonds is 11. The van der Waals surface area contributed by atoms with Crippen molar-refractivity contribution in [1.82, 2.24) is 5.32 Å². The lowest BCUT2D eigenvalue weighted by molar-refractivity contribution is -0.121. The molecule has 0 radical (unpaired) electrons. The van der Waals surface area contributed by atoms with Crippen molar-refractivity contribution in [2.24, 2.45) is 0 Å². The van der Waals surface area contributed by atoms with Crippen LogP contribution >= 0.6 is 35.0 Å². The Labute approximate surface area is 191 Å². The highest BCUT2D eigenvalue weighted by Crippen LogP contribution is 2.24. The molecule has 2 rings (SSSR count). The number of hydrogen-bond acceptors (Lipinski definition) is 4. The lowest BCUT2D eigenvalue weighted by Crippen LogP contribution is -2.33. The first-order chi connectivity index (χ1) is 14.2. The molecule has 0 aliphatic heterocycles. The van der Waals surface area contributed by atoms with Gasteiger partial charge in [-0.05, 0) is 36.2 Å². The molecular weight excluding hydrogens is 470 g/mol. The Morgan fingerprint density at radius 1 is 1.20 bits per heavy atom. The predicted molar refractivity (Wildman–Crippen MR) is 123 cm³/mol. The van der Waals surface area contributed by atoms with Gasteiger partial charge in [0.1, 0.15) is 5.82 Å². The van der Waals surface area contributed by atoms with Gasteiger partial charge in [-0.3, -0.25) is 9.10 Å². The number of benzene rings is 2. The summed E-state index contributed by atoms with van der Waals surface area (Å²) in [6, 6.07) is 11.0. The summed E-state index contributed by atoms with van der Waals surface area (Å²) in [6.07, 6.45) is 1.44. The van der Waals surface area contributed by atoms with Crippen LogP contribution in [-0.4, -0.2) is 39.4 Å². The van der Waals surface area contributed by atoms with Crippen LogP contribution in [0, 0.1) is 5.82 Å². The van der Waals surface area contributed by atoms with Gasteiger partial charge in [0.2, 0.25) is 15.9 Å². The average Bonchev–Trinajstić information content (AvgIpc) is 2.66. The molecule has 0 unspecified atom stereocenters. The van der Waals surface area contributed by atoms with Gasteiger partial charge in [-0.25, -0.2) is 12.8 Å². The van der Waals surface area contributed by atoms with Crippen LogP contribution in [0.3, 0.4) is 0 Å². The molecule has 2 aromatic rings.